The zero-order chi connectivity index (χ0) is 13.5. The lowest BCUT2D eigenvalue weighted by atomic mass is 9.86. The molecule has 0 heterocycles. The molecule has 0 saturated carbocycles. The van der Waals surface area contributed by atoms with E-state index in [1.165, 1.54) is 11.1 Å². The summed E-state index contributed by atoms with van der Waals surface area (Å²) < 4.78 is 0. The fourth-order valence-electron chi connectivity index (χ4n) is 2.40. The molecule has 0 aliphatic rings. The molecule has 0 aliphatic carbocycles. The van der Waals surface area contributed by atoms with E-state index >= 15 is 0 Å². The number of benzene rings is 2. The number of hydrogen-bond donors (Lipinski definition) is 2. The summed E-state index contributed by atoms with van der Waals surface area (Å²) in [7, 11) is 0. The molecule has 0 spiro atoms. The number of nitrogens with two attached hydrogens (primary N) is 2. The van der Waals surface area contributed by atoms with Gasteiger partial charge in [-0.3, -0.25) is 0 Å². The van der Waals surface area contributed by atoms with Crippen molar-refractivity contribution in [1.29, 1.82) is 0 Å². The van der Waals surface area contributed by atoms with Crippen molar-refractivity contribution in [2.24, 2.45) is 11.5 Å². The van der Waals surface area contributed by atoms with Crippen LogP contribution in [0.15, 0.2) is 60.7 Å². The van der Waals surface area contributed by atoms with E-state index in [0.29, 0.717) is 12.5 Å². The van der Waals surface area contributed by atoms with Gasteiger partial charge in [-0.2, -0.15) is 0 Å². The summed E-state index contributed by atoms with van der Waals surface area (Å²) in [6.45, 7) is 0.552. The molecule has 2 aromatic carbocycles. The SMILES string of the molecule is NCC(N)CCC(c1ccccc1)c1ccccc1. The maximum Gasteiger partial charge on any atom is 0.0163 e. The quantitative estimate of drug-likeness (QED) is 0.833. The molecular formula is C17H22N2. The lowest BCUT2D eigenvalue weighted by molar-refractivity contribution is 0.561. The van der Waals surface area contributed by atoms with Crippen molar-refractivity contribution in [2.45, 2.75) is 24.8 Å². The van der Waals surface area contributed by atoms with E-state index < -0.39 is 0 Å². The molecule has 100 valence electrons. The second-order valence-corrected chi connectivity index (χ2v) is 4.95. The van der Waals surface area contributed by atoms with E-state index in [2.05, 4.69) is 60.7 Å². The van der Waals surface area contributed by atoms with Crippen molar-refractivity contribution in [3.8, 4) is 0 Å². The Bertz CT molecular complexity index is 428. The van der Waals surface area contributed by atoms with E-state index in [-0.39, 0.29) is 6.04 Å². The molecule has 0 radical (unpaired) electrons. The molecule has 0 fully saturated rings. The van der Waals surface area contributed by atoms with Gasteiger partial charge >= 0.3 is 0 Å². The van der Waals surface area contributed by atoms with Crippen LogP contribution >= 0.6 is 0 Å². The molecule has 0 amide bonds. The Balaban J connectivity index is 2.19. The third-order valence-electron chi connectivity index (χ3n) is 3.53. The molecule has 0 aromatic heterocycles. The minimum Gasteiger partial charge on any atom is -0.329 e. The number of rotatable bonds is 6. The fourth-order valence-corrected chi connectivity index (χ4v) is 2.40. The first-order valence-corrected chi connectivity index (χ1v) is 6.87. The van der Waals surface area contributed by atoms with Gasteiger partial charge in [0.2, 0.25) is 0 Å². The second-order valence-electron chi connectivity index (χ2n) is 4.95. The van der Waals surface area contributed by atoms with Crippen molar-refractivity contribution < 1.29 is 0 Å². The summed E-state index contributed by atoms with van der Waals surface area (Å²) >= 11 is 0. The summed E-state index contributed by atoms with van der Waals surface area (Å²) in [6, 6.07) is 21.3. The Morgan fingerprint density at radius 1 is 0.737 bits per heavy atom. The van der Waals surface area contributed by atoms with Crippen LogP contribution in [-0.4, -0.2) is 12.6 Å². The highest BCUT2D eigenvalue weighted by molar-refractivity contribution is 5.32. The normalized spacial score (nSPS) is 12.6. The average Bonchev–Trinajstić information content (AvgIpc) is 2.49. The van der Waals surface area contributed by atoms with Gasteiger partial charge in [-0.25, -0.2) is 0 Å². The summed E-state index contributed by atoms with van der Waals surface area (Å²) in [5.74, 6) is 0.403. The molecule has 19 heavy (non-hydrogen) atoms. The third-order valence-corrected chi connectivity index (χ3v) is 3.53. The Kier molecular flexibility index (Phi) is 5.13. The smallest absolute Gasteiger partial charge is 0.0163 e. The second kappa shape index (κ2) is 7.07. The van der Waals surface area contributed by atoms with Gasteiger partial charge in [0.05, 0.1) is 0 Å². The van der Waals surface area contributed by atoms with Crippen molar-refractivity contribution in [1.82, 2.24) is 0 Å². The van der Waals surface area contributed by atoms with E-state index in [1.807, 2.05) is 0 Å². The third kappa shape index (κ3) is 3.91. The van der Waals surface area contributed by atoms with Crippen molar-refractivity contribution >= 4 is 0 Å². The first kappa shape index (κ1) is 13.8. The van der Waals surface area contributed by atoms with Crippen LogP contribution in [-0.2, 0) is 0 Å². The molecule has 4 N–H and O–H groups in total. The van der Waals surface area contributed by atoms with Gasteiger partial charge in [-0.15, -0.1) is 0 Å². The summed E-state index contributed by atoms with van der Waals surface area (Å²) in [6.07, 6.45) is 1.98. The molecule has 1 atom stereocenters. The molecule has 0 saturated heterocycles. The molecule has 1 unspecified atom stereocenters. The number of hydrogen-bond acceptors (Lipinski definition) is 2. The molecular weight excluding hydrogens is 232 g/mol. The highest BCUT2D eigenvalue weighted by Crippen LogP contribution is 2.29. The van der Waals surface area contributed by atoms with Gasteiger partial charge in [0.1, 0.15) is 0 Å². The van der Waals surface area contributed by atoms with E-state index in [9.17, 15) is 0 Å². The molecule has 0 bridgehead atoms. The van der Waals surface area contributed by atoms with Gasteiger partial charge in [0.25, 0.3) is 0 Å². The van der Waals surface area contributed by atoms with Gasteiger partial charge < -0.3 is 11.5 Å². The van der Waals surface area contributed by atoms with Gasteiger partial charge in [0.15, 0.2) is 0 Å². The highest BCUT2D eigenvalue weighted by atomic mass is 14.7. The zero-order valence-electron chi connectivity index (χ0n) is 11.2. The molecule has 2 aromatic rings. The zero-order valence-corrected chi connectivity index (χ0v) is 11.2. The first-order valence-electron chi connectivity index (χ1n) is 6.87. The van der Waals surface area contributed by atoms with Crippen LogP contribution in [0.4, 0.5) is 0 Å². The van der Waals surface area contributed by atoms with Crippen LogP contribution in [0, 0.1) is 0 Å². The summed E-state index contributed by atoms with van der Waals surface area (Å²) in [4.78, 5) is 0. The van der Waals surface area contributed by atoms with Crippen LogP contribution in [0.3, 0.4) is 0 Å². The van der Waals surface area contributed by atoms with Gasteiger partial charge in [-0.05, 0) is 24.0 Å². The molecule has 0 aliphatic heterocycles. The van der Waals surface area contributed by atoms with E-state index in [0.717, 1.165) is 12.8 Å². The predicted molar refractivity (Wildman–Crippen MR) is 81.0 cm³/mol. The lowest BCUT2D eigenvalue weighted by Gasteiger charge is -2.19. The summed E-state index contributed by atoms with van der Waals surface area (Å²) in [5, 5.41) is 0. The molecule has 2 nitrogen and oxygen atoms in total. The van der Waals surface area contributed by atoms with Gasteiger partial charge in [-0.1, -0.05) is 60.7 Å². The topological polar surface area (TPSA) is 52.0 Å². The minimum atomic E-state index is 0.0925. The minimum absolute atomic E-state index is 0.0925. The molecule has 2 heteroatoms. The van der Waals surface area contributed by atoms with Crippen molar-refractivity contribution in [3.05, 3.63) is 71.8 Å². The molecule has 2 rings (SSSR count). The van der Waals surface area contributed by atoms with Crippen LogP contribution in [0.1, 0.15) is 29.9 Å². The van der Waals surface area contributed by atoms with Crippen LogP contribution in [0.25, 0.3) is 0 Å². The van der Waals surface area contributed by atoms with Crippen LogP contribution in [0.2, 0.25) is 0 Å². The summed E-state index contributed by atoms with van der Waals surface area (Å²) in [5.41, 5.74) is 14.3. The standard InChI is InChI=1S/C17H22N2/c18-13-16(19)11-12-17(14-7-3-1-4-8-14)15-9-5-2-6-10-15/h1-10,16-17H,11-13,18-19H2. The van der Waals surface area contributed by atoms with E-state index in [1.54, 1.807) is 0 Å². The lowest BCUT2D eigenvalue weighted by Crippen LogP contribution is -2.29. The Morgan fingerprint density at radius 2 is 1.21 bits per heavy atom. The predicted octanol–water partition coefficient (Wildman–Crippen LogP) is 2.88. The van der Waals surface area contributed by atoms with Crippen molar-refractivity contribution in [2.75, 3.05) is 6.54 Å². The Morgan fingerprint density at radius 3 is 1.63 bits per heavy atom. The van der Waals surface area contributed by atoms with Crippen molar-refractivity contribution in [3.63, 3.8) is 0 Å². The van der Waals surface area contributed by atoms with Crippen LogP contribution in [0.5, 0.6) is 0 Å². The highest BCUT2D eigenvalue weighted by Gasteiger charge is 2.14. The maximum atomic E-state index is 5.95. The Hall–Kier alpha value is -1.64. The van der Waals surface area contributed by atoms with Crippen LogP contribution < -0.4 is 11.5 Å². The largest absolute Gasteiger partial charge is 0.329 e. The first-order chi connectivity index (χ1) is 9.31. The maximum absolute atomic E-state index is 5.95. The van der Waals surface area contributed by atoms with Gasteiger partial charge in [0, 0.05) is 18.5 Å². The average molecular weight is 254 g/mol. The Labute approximate surface area is 115 Å². The fraction of sp³-hybridized carbons (Fsp3) is 0.294. The van der Waals surface area contributed by atoms with E-state index in [4.69, 9.17) is 11.5 Å². The monoisotopic (exact) mass is 254 g/mol.